The van der Waals surface area contributed by atoms with Gasteiger partial charge in [0.1, 0.15) is 12.2 Å². The standard InChI is InChI=1S/C18H18ClN4OP/c1-25(2,24)15-10-8-14(9-11-15)22-18-20-12-16(19)17(23-18)21-13-6-4-3-5-7-13/h3-12H,1-2H3,(H2,20,21,22,23). The molecule has 0 aliphatic rings. The first kappa shape index (κ1) is 17.5. The summed E-state index contributed by atoms with van der Waals surface area (Å²) in [6.07, 6.45) is 1.54. The summed E-state index contributed by atoms with van der Waals surface area (Å²) in [6, 6.07) is 17.1. The Balaban J connectivity index is 1.79. The van der Waals surface area contributed by atoms with E-state index in [-0.39, 0.29) is 0 Å². The first-order chi connectivity index (χ1) is 11.9. The van der Waals surface area contributed by atoms with Crippen molar-refractivity contribution in [2.45, 2.75) is 0 Å². The Kier molecular flexibility index (Phi) is 5.07. The van der Waals surface area contributed by atoms with E-state index < -0.39 is 7.14 Å². The van der Waals surface area contributed by atoms with Crippen molar-refractivity contribution in [1.29, 1.82) is 0 Å². The third-order valence-electron chi connectivity index (χ3n) is 3.53. The van der Waals surface area contributed by atoms with Gasteiger partial charge in [-0.2, -0.15) is 4.98 Å². The minimum atomic E-state index is -2.26. The molecule has 7 heteroatoms. The van der Waals surface area contributed by atoms with Gasteiger partial charge < -0.3 is 15.2 Å². The number of hydrogen-bond donors (Lipinski definition) is 2. The Morgan fingerprint density at radius 2 is 1.56 bits per heavy atom. The highest BCUT2D eigenvalue weighted by atomic mass is 35.5. The molecule has 0 unspecified atom stereocenters. The molecule has 0 spiro atoms. The maximum absolute atomic E-state index is 12.1. The van der Waals surface area contributed by atoms with E-state index in [1.165, 1.54) is 0 Å². The Morgan fingerprint density at radius 1 is 0.920 bits per heavy atom. The van der Waals surface area contributed by atoms with Gasteiger partial charge in [-0.15, -0.1) is 0 Å². The summed E-state index contributed by atoms with van der Waals surface area (Å²) in [5, 5.41) is 7.56. The van der Waals surface area contributed by atoms with E-state index in [0.717, 1.165) is 16.7 Å². The molecule has 0 radical (unpaired) electrons. The lowest BCUT2D eigenvalue weighted by Gasteiger charge is -2.11. The minimum Gasteiger partial charge on any atom is -0.339 e. The van der Waals surface area contributed by atoms with Gasteiger partial charge in [0, 0.05) is 16.7 Å². The highest BCUT2D eigenvalue weighted by Gasteiger charge is 2.11. The summed E-state index contributed by atoms with van der Waals surface area (Å²) in [6.45, 7) is 3.50. The number of aromatic nitrogens is 2. The molecule has 0 aliphatic carbocycles. The number of anilines is 4. The number of rotatable bonds is 5. The lowest BCUT2D eigenvalue weighted by molar-refractivity contribution is 0.588. The molecule has 5 nitrogen and oxygen atoms in total. The SMILES string of the molecule is CP(C)(=O)c1ccc(Nc2ncc(Cl)c(Nc3ccccc3)n2)cc1. The molecule has 0 atom stereocenters. The highest BCUT2D eigenvalue weighted by Crippen LogP contribution is 2.34. The smallest absolute Gasteiger partial charge is 0.229 e. The van der Waals surface area contributed by atoms with Gasteiger partial charge in [-0.05, 0) is 49.7 Å². The van der Waals surface area contributed by atoms with E-state index >= 15 is 0 Å². The summed E-state index contributed by atoms with van der Waals surface area (Å²) in [4.78, 5) is 8.61. The van der Waals surface area contributed by atoms with Gasteiger partial charge in [-0.25, -0.2) is 4.98 Å². The van der Waals surface area contributed by atoms with Crippen LogP contribution in [0.4, 0.5) is 23.1 Å². The van der Waals surface area contributed by atoms with Crippen molar-refractivity contribution in [2.75, 3.05) is 24.0 Å². The number of para-hydroxylation sites is 1. The van der Waals surface area contributed by atoms with E-state index in [2.05, 4.69) is 20.6 Å². The Hall–Kier alpha value is -2.36. The number of benzene rings is 2. The molecule has 0 saturated carbocycles. The summed E-state index contributed by atoms with van der Waals surface area (Å²) >= 11 is 6.17. The monoisotopic (exact) mass is 372 g/mol. The number of nitrogens with zero attached hydrogens (tertiary/aromatic N) is 2. The van der Waals surface area contributed by atoms with Crippen molar-refractivity contribution in [3.63, 3.8) is 0 Å². The van der Waals surface area contributed by atoms with Gasteiger partial charge >= 0.3 is 0 Å². The Bertz CT molecular complexity index is 910. The fourth-order valence-corrected chi connectivity index (χ4v) is 3.21. The molecule has 0 fully saturated rings. The molecule has 25 heavy (non-hydrogen) atoms. The third-order valence-corrected chi connectivity index (χ3v) is 5.34. The summed E-state index contributed by atoms with van der Waals surface area (Å²) in [7, 11) is -2.26. The molecule has 128 valence electrons. The van der Waals surface area contributed by atoms with Crippen LogP contribution in [0.25, 0.3) is 0 Å². The zero-order valence-electron chi connectivity index (χ0n) is 13.9. The summed E-state index contributed by atoms with van der Waals surface area (Å²) in [5.41, 5.74) is 1.70. The van der Waals surface area contributed by atoms with Gasteiger partial charge in [0.25, 0.3) is 0 Å². The van der Waals surface area contributed by atoms with Crippen LogP contribution in [0.1, 0.15) is 0 Å². The van der Waals surface area contributed by atoms with E-state index in [1.54, 1.807) is 19.5 Å². The van der Waals surface area contributed by atoms with E-state index in [9.17, 15) is 4.57 Å². The van der Waals surface area contributed by atoms with Gasteiger partial charge in [-0.3, -0.25) is 0 Å². The van der Waals surface area contributed by atoms with Crippen molar-refractivity contribution >= 4 is 47.2 Å². The van der Waals surface area contributed by atoms with Gasteiger partial charge in [-0.1, -0.05) is 29.8 Å². The fraction of sp³-hybridized carbons (Fsp3) is 0.111. The number of nitrogens with one attached hydrogen (secondary N) is 2. The molecule has 0 amide bonds. The zero-order chi connectivity index (χ0) is 17.9. The average molecular weight is 373 g/mol. The van der Waals surface area contributed by atoms with E-state index in [0.29, 0.717) is 16.8 Å². The highest BCUT2D eigenvalue weighted by molar-refractivity contribution is 7.70. The summed E-state index contributed by atoms with van der Waals surface area (Å²) < 4.78 is 12.1. The maximum Gasteiger partial charge on any atom is 0.229 e. The normalized spacial score (nSPS) is 11.2. The molecular weight excluding hydrogens is 355 g/mol. The molecule has 0 aliphatic heterocycles. The first-order valence-electron chi connectivity index (χ1n) is 7.69. The van der Waals surface area contributed by atoms with Crippen molar-refractivity contribution in [3.8, 4) is 0 Å². The lowest BCUT2D eigenvalue weighted by Crippen LogP contribution is -2.04. The molecule has 0 bridgehead atoms. The largest absolute Gasteiger partial charge is 0.339 e. The maximum atomic E-state index is 12.1. The molecule has 2 aromatic carbocycles. The average Bonchev–Trinajstić information content (AvgIpc) is 2.58. The second-order valence-electron chi connectivity index (χ2n) is 5.90. The van der Waals surface area contributed by atoms with Crippen molar-refractivity contribution in [3.05, 3.63) is 65.8 Å². The van der Waals surface area contributed by atoms with Crippen molar-refractivity contribution < 1.29 is 4.57 Å². The molecule has 2 N–H and O–H groups in total. The second kappa shape index (κ2) is 7.26. The Labute approximate surface area is 151 Å². The predicted octanol–water partition coefficient (Wildman–Crippen LogP) is 4.87. The first-order valence-corrected chi connectivity index (χ1v) is 10.7. The molecular formula is C18H18ClN4OP. The number of halogens is 1. The van der Waals surface area contributed by atoms with Crippen LogP contribution in [0.2, 0.25) is 5.02 Å². The van der Waals surface area contributed by atoms with E-state index in [1.807, 2.05) is 54.6 Å². The van der Waals surface area contributed by atoms with Crippen LogP contribution in [0.15, 0.2) is 60.8 Å². The molecule has 3 rings (SSSR count). The lowest BCUT2D eigenvalue weighted by atomic mass is 10.3. The second-order valence-corrected chi connectivity index (χ2v) is 9.53. The van der Waals surface area contributed by atoms with Crippen LogP contribution in [-0.2, 0) is 4.57 Å². The topological polar surface area (TPSA) is 66.9 Å². The summed E-state index contributed by atoms with van der Waals surface area (Å²) in [5.74, 6) is 0.945. The zero-order valence-corrected chi connectivity index (χ0v) is 15.6. The minimum absolute atomic E-state index is 0.423. The molecule has 1 aromatic heterocycles. The fourth-order valence-electron chi connectivity index (χ4n) is 2.21. The van der Waals surface area contributed by atoms with Crippen LogP contribution in [0.3, 0.4) is 0 Å². The van der Waals surface area contributed by atoms with E-state index in [4.69, 9.17) is 11.6 Å². The van der Waals surface area contributed by atoms with Crippen molar-refractivity contribution in [2.24, 2.45) is 0 Å². The molecule has 1 heterocycles. The van der Waals surface area contributed by atoms with Gasteiger partial charge in [0.15, 0.2) is 5.82 Å². The third kappa shape index (κ3) is 4.59. The molecule has 0 saturated heterocycles. The molecule has 3 aromatic rings. The van der Waals surface area contributed by atoms with Crippen molar-refractivity contribution in [1.82, 2.24) is 9.97 Å². The van der Waals surface area contributed by atoms with Crippen LogP contribution in [0, 0.1) is 0 Å². The predicted molar refractivity (Wildman–Crippen MR) is 106 cm³/mol. The van der Waals surface area contributed by atoms with Gasteiger partial charge in [0.05, 0.1) is 6.20 Å². The van der Waals surface area contributed by atoms with Crippen LogP contribution in [-0.4, -0.2) is 23.3 Å². The van der Waals surface area contributed by atoms with Crippen LogP contribution < -0.4 is 15.9 Å². The van der Waals surface area contributed by atoms with Crippen LogP contribution >= 0.6 is 18.7 Å². The Morgan fingerprint density at radius 3 is 2.20 bits per heavy atom. The number of hydrogen-bond acceptors (Lipinski definition) is 5. The van der Waals surface area contributed by atoms with Gasteiger partial charge in [0.2, 0.25) is 5.95 Å². The quantitative estimate of drug-likeness (QED) is 0.626. The van der Waals surface area contributed by atoms with Crippen LogP contribution in [0.5, 0.6) is 0 Å².